The second-order valence-corrected chi connectivity index (χ2v) is 8.89. The predicted molar refractivity (Wildman–Crippen MR) is 116 cm³/mol. The molecule has 4 rings (SSSR count). The van der Waals surface area contributed by atoms with Gasteiger partial charge in [-0.05, 0) is 38.8 Å². The first-order chi connectivity index (χ1) is 14.0. The Morgan fingerprint density at radius 1 is 1.31 bits per heavy atom. The minimum atomic E-state index is -0.0217. The third kappa shape index (κ3) is 4.60. The normalized spacial score (nSPS) is 16.3. The van der Waals surface area contributed by atoms with Gasteiger partial charge in [-0.1, -0.05) is 33.2 Å². The molecular formula is C21H22BrN3O3S. The van der Waals surface area contributed by atoms with E-state index >= 15 is 0 Å². The standard InChI is InChI=1S/C21H22BrN3O3S/c1-13-18(14(2)28-24-13)10-20(26)25(11-17-4-3-9-27-17)21-23-19(12-29-21)15-5-7-16(22)8-6-15/h5-8,12,17H,3-4,9-11H2,1-2H3. The van der Waals surface area contributed by atoms with Crippen molar-refractivity contribution in [3.05, 3.63) is 51.1 Å². The molecule has 1 aromatic carbocycles. The molecule has 1 amide bonds. The summed E-state index contributed by atoms with van der Waals surface area (Å²) in [6, 6.07) is 8.00. The van der Waals surface area contributed by atoms with Gasteiger partial charge in [0.05, 0.1) is 30.5 Å². The molecule has 1 unspecified atom stereocenters. The Morgan fingerprint density at radius 3 is 2.76 bits per heavy atom. The lowest BCUT2D eigenvalue weighted by molar-refractivity contribution is -0.118. The minimum Gasteiger partial charge on any atom is -0.376 e. The van der Waals surface area contributed by atoms with Crippen LogP contribution in [0.5, 0.6) is 0 Å². The molecule has 0 aliphatic carbocycles. The summed E-state index contributed by atoms with van der Waals surface area (Å²) in [7, 11) is 0. The number of ether oxygens (including phenoxy) is 1. The van der Waals surface area contributed by atoms with Crippen LogP contribution in [0.15, 0.2) is 38.6 Å². The summed E-state index contributed by atoms with van der Waals surface area (Å²) in [4.78, 5) is 19.8. The largest absolute Gasteiger partial charge is 0.376 e. The van der Waals surface area contributed by atoms with Gasteiger partial charge in [0.15, 0.2) is 5.13 Å². The van der Waals surface area contributed by atoms with E-state index in [0.717, 1.165) is 46.4 Å². The molecule has 1 saturated heterocycles. The van der Waals surface area contributed by atoms with Crippen LogP contribution in [-0.2, 0) is 16.0 Å². The van der Waals surface area contributed by atoms with Crippen LogP contribution < -0.4 is 4.90 Å². The lowest BCUT2D eigenvalue weighted by Crippen LogP contribution is -2.38. The van der Waals surface area contributed by atoms with Crippen LogP contribution in [0.25, 0.3) is 11.3 Å². The fourth-order valence-electron chi connectivity index (χ4n) is 3.42. The number of thiazole rings is 1. The maximum absolute atomic E-state index is 13.3. The van der Waals surface area contributed by atoms with Gasteiger partial charge in [-0.3, -0.25) is 9.69 Å². The van der Waals surface area contributed by atoms with Crippen molar-refractivity contribution in [3.8, 4) is 11.3 Å². The van der Waals surface area contributed by atoms with Crippen LogP contribution >= 0.6 is 27.3 Å². The zero-order valence-electron chi connectivity index (χ0n) is 16.4. The number of anilines is 1. The second-order valence-electron chi connectivity index (χ2n) is 7.14. The smallest absolute Gasteiger partial charge is 0.233 e. The molecule has 3 heterocycles. The predicted octanol–water partition coefficient (Wildman–Crippen LogP) is 4.93. The van der Waals surface area contributed by atoms with Crippen molar-refractivity contribution >= 4 is 38.3 Å². The first-order valence-corrected chi connectivity index (χ1v) is 11.2. The topological polar surface area (TPSA) is 68.5 Å². The summed E-state index contributed by atoms with van der Waals surface area (Å²) in [6.07, 6.45) is 2.27. The van der Waals surface area contributed by atoms with Gasteiger partial charge >= 0.3 is 0 Å². The Kier molecular flexibility index (Phi) is 6.12. The van der Waals surface area contributed by atoms with E-state index in [1.807, 2.05) is 43.5 Å². The quantitative estimate of drug-likeness (QED) is 0.505. The van der Waals surface area contributed by atoms with Gasteiger partial charge in [-0.2, -0.15) is 0 Å². The fraction of sp³-hybridized carbons (Fsp3) is 0.381. The molecule has 0 N–H and O–H groups in total. The molecule has 29 heavy (non-hydrogen) atoms. The van der Waals surface area contributed by atoms with Gasteiger partial charge in [0.1, 0.15) is 5.76 Å². The van der Waals surface area contributed by atoms with Gasteiger partial charge in [-0.15, -0.1) is 11.3 Å². The highest BCUT2D eigenvalue weighted by atomic mass is 79.9. The number of nitrogens with zero attached hydrogens (tertiary/aromatic N) is 3. The molecule has 1 aliphatic heterocycles. The number of hydrogen-bond acceptors (Lipinski definition) is 6. The summed E-state index contributed by atoms with van der Waals surface area (Å²) in [5.74, 6) is 0.661. The summed E-state index contributed by atoms with van der Waals surface area (Å²) in [6.45, 7) is 4.95. The molecule has 1 atom stereocenters. The van der Waals surface area contributed by atoms with Crippen molar-refractivity contribution in [1.29, 1.82) is 0 Å². The number of aryl methyl sites for hydroxylation is 2. The molecule has 0 spiro atoms. The maximum Gasteiger partial charge on any atom is 0.233 e. The van der Waals surface area contributed by atoms with Gasteiger partial charge in [0.2, 0.25) is 5.91 Å². The Labute approximate surface area is 182 Å². The van der Waals surface area contributed by atoms with Crippen LogP contribution in [0.3, 0.4) is 0 Å². The zero-order chi connectivity index (χ0) is 20.4. The molecule has 1 fully saturated rings. The third-order valence-corrected chi connectivity index (χ3v) is 6.48. The van der Waals surface area contributed by atoms with Crippen molar-refractivity contribution in [2.24, 2.45) is 0 Å². The molecular weight excluding hydrogens is 454 g/mol. The first-order valence-electron chi connectivity index (χ1n) is 9.56. The van der Waals surface area contributed by atoms with E-state index in [9.17, 15) is 4.79 Å². The summed E-state index contributed by atoms with van der Waals surface area (Å²) >= 11 is 4.93. The maximum atomic E-state index is 13.3. The zero-order valence-corrected chi connectivity index (χ0v) is 18.8. The Bertz CT molecular complexity index is 974. The molecule has 8 heteroatoms. The Hall–Kier alpha value is -2.03. The highest BCUT2D eigenvalue weighted by Gasteiger charge is 2.27. The van der Waals surface area contributed by atoms with E-state index < -0.39 is 0 Å². The average Bonchev–Trinajstić information content (AvgIpc) is 3.45. The monoisotopic (exact) mass is 475 g/mol. The van der Waals surface area contributed by atoms with Crippen LogP contribution in [-0.4, -0.2) is 35.3 Å². The number of halogens is 1. The number of carbonyl (C=O) groups is 1. The summed E-state index contributed by atoms with van der Waals surface area (Å²) in [5.41, 5.74) is 3.48. The highest BCUT2D eigenvalue weighted by Crippen LogP contribution is 2.30. The fourth-order valence-corrected chi connectivity index (χ4v) is 4.55. The number of carbonyl (C=O) groups excluding carboxylic acids is 1. The van der Waals surface area contributed by atoms with Crippen LogP contribution in [0.4, 0.5) is 5.13 Å². The summed E-state index contributed by atoms with van der Waals surface area (Å²) in [5, 5.41) is 6.65. The van der Waals surface area contributed by atoms with Crippen LogP contribution in [0, 0.1) is 13.8 Å². The number of benzene rings is 1. The number of hydrogen-bond donors (Lipinski definition) is 0. The Balaban J connectivity index is 1.60. The van der Waals surface area contributed by atoms with Gasteiger partial charge in [-0.25, -0.2) is 4.98 Å². The average molecular weight is 476 g/mol. The van der Waals surface area contributed by atoms with Gasteiger partial charge in [0, 0.05) is 27.6 Å². The van der Waals surface area contributed by atoms with Crippen molar-refractivity contribution in [1.82, 2.24) is 10.1 Å². The van der Waals surface area contributed by atoms with Gasteiger partial charge in [0.25, 0.3) is 0 Å². The molecule has 2 aromatic heterocycles. The van der Waals surface area contributed by atoms with Crippen LogP contribution in [0.2, 0.25) is 0 Å². The van der Waals surface area contributed by atoms with E-state index in [-0.39, 0.29) is 18.4 Å². The minimum absolute atomic E-state index is 0.0217. The van der Waals surface area contributed by atoms with E-state index in [1.165, 1.54) is 11.3 Å². The molecule has 152 valence electrons. The van der Waals surface area contributed by atoms with E-state index in [4.69, 9.17) is 14.2 Å². The lowest BCUT2D eigenvalue weighted by Gasteiger charge is -2.23. The number of rotatable bonds is 6. The molecule has 1 aliphatic rings. The molecule has 0 bridgehead atoms. The van der Waals surface area contributed by atoms with Crippen molar-refractivity contribution < 1.29 is 14.1 Å². The number of aromatic nitrogens is 2. The van der Waals surface area contributed by atoms with Crippen molar-refractivity contribution in [2.75, 3.05) is 18.1 Å². The van der Waals surface area contributed by atoms with Crippen molar-refractivity contribution in [3.63, 3.8) is 0 Å². The highest BCUT2D eigenvalue weighted by molar-refractivity contribution is 9.10. The van der Waals surface area contributed by atoms with E-state index in [0.29, 0.717) is 17.4 Å². The molecule has 0 saturated carbocycles. The molecule has 6 nitrogen and oxygen atoms in total. The first kappa shape index (κ1) is 20.3. The molecule has 0 radical (unpaired) electrons. The third-order valence-electron chi connectivity index (χ3n) is 5.08. The van der Waals surface area contributed by atoms with Gasteiger partial charge < -0.3 is 9.26 Å². The van der Waals surface area contributed by atoms with Crippen molar-refractivity contribution in [2.45, 2.75) is 39.2 Å². The SMILES string of the molecule is Cc1noc(C)c1CC(=O)N(CC1CCCO1)c1nc(-c2ccc(Br)cc2)cs1. The summed E-state index contributed by atoms with van der Waals surface area (Å²) < 4.78 is 12.0. The molecule has 3 aromatic rings. The lowest BCUT2D eigenvalue weighted by atomic mass is 10.1. The Morgan fingerprint density at radius 2 is 2.10 bits per heavy atom. The second kappa shape index (κ2) is 8.77. The number of amides is 1. The van der Waals surface area contributed by atoms with E-state index in [2.05, 4.69) is 21.1 Å². The van der Waals surface area contributed by atoms with Crippen LogP contribution in [0.1, 0.15) is 29.9 Å². The van der Waals surface area contributed by atoms with E-state index in [1.54, 1.807) is 4.90 Å².